The second-order valence-electron chi connectivity index (χ2n) is 4.26. The minimum absolute atomic E-state index is 0.0195. The molecule has 0 aromatic carbocycles. The van der Waals surface area contributed by atoms with Crippen LogP contribution in [0.25, 0.3) is 11.0 Å². The molecule has 5 heteroatoms. The molecule has 90 valence electrons. The lowest BCUT2D eigenvalue weighted by molar-refractivity contribution is 0.0235. The Morgan fingerprint density at radius 1 is 1.53 bits per heavy atom. The molecule has 1 N–H and O–H groups in total. The van der Waals surface area contributed by atoms with Gasteiger partial charge in [0.05, 0.1) is 18.5 Å². The first-order chi connectivity index (χ1) is 8.25. The van der Waals surface area contributed by atoms with Gasteiger partial charge in [0.1, 0.15) is 17.6 Å². The molecule has 3 rings (SSSR count). The monoisotopic (exact) mass is 235 g/mol. The molecule has 0 aliphatic carbocycles. The van der Waals surface area contributed by atoms with Gasteiger partial charge in [-0.3, -0.25) is 0 Å². The van der Waals surface area contributed by atoms with E-state index < -0.39 is 0 Å². The number of aryl methyl sites for hydroxylation is 1. The maximum absolute atomic E-state index is 13.1. The van der Waals surface area contributed by atoms with Crippen LogP contribution in [-0.4, -0.2) is 29.2 Å². The van der Waals surface area contributed by atoms with Crippen LogP contribution in [0.2, 0.25) is 0 Å². The summed E-state index contributed by atoms with van der Waals surface area (Å²) in [7, 11) is 1.93. The van der Waals surface area contributed by atoms with Crippen molar-refractivity contribution >= 4 is 11.0 Å². The Morgan fingerprint density at radius 3 is 3.18 bits per heavy atom. The van der Waals surface area contributed by atoms with Crippen molar-refractivity contribution in [2.75, 3.05) is 19.7 Å². The summed E-state index contributed by atoms with van der Waals surface area (Å²) in [5, 5.41) is 4.10. The zero-order valence-corrected chi connectivity index (χ0v) is 9.61. The maximum atomic E-state index is 13.1. The van der Waals surface area contributed by atoms with E-state index in [-0.39, 0.29) is 11.9 Å². The molecule has 0 amide bonds. The number of ether oxygens (including phenoxy) is 1. The molecule has 1 aliphatic heterocycles. The van der Waals surface area contributed by atoms with Crippen LogP contribution >= 0.6 is 0 Å². The Morgan fingerprint density at radius 2 is 2.41 bits per heavy atom. The van der Waals surface area contributed by atoms with Gasteiger partial charge in [0.25, 0.3) is 0 Å². The Balaban J connectivity index is 2.07. The van der Waals surface area contributed by atoms with Gasteiger partial charge in [-0.05, 0) is 12.1 Å². The van der Waals surface area contributed by atoms with Crippen molar-refractivity contribution in [2.24, 2.45) is 7.05 Å². The molecule has 1 saturated heterocycles. The van der Waals surface area contributed by atoms with Crippen molar-refractivity contribution < 1.29 is 9.13 Å². The van der Waals surface area contributed by atoms with E-state index in [1.807, 2.05) is 17.7 Å². The molecule has 4 nitrogen and oxygen atoms in total. The summed E-state index contributed by atoms with van der Waals surface area (Å²) in [6.45, 7) is 2.37. The number of morpholine rings is 1. The third-order valence-electron chi connectivity index (χ3n) is 3.13. The van der Waals surface area contributed by atoms with E-state index in [0.717, 1.165) is 29.8 Å². The van der Waals surface area contributed by atoms with E-state index >= 15 is 0 Å². The number of nitrogens with zero attached hydrogens (tertiary/aromatic N) is 2. The van der Waals surface area contributed by atoms with Crippen molar-refractivity contribution in [3.05, 3.63) is 29.8 Å². The van der Waals surface area contributed by atoms with Gasteiger partial charge >= 0.3 is 0 Å². The number of halogens is 1. The summed E-state index contributed by atoms with van der Waals surface area (Å²) in [6, 6.07) is 3.45. The first-order valence-electron chi connectivity index (χ1n) is 5.69. The summed E-state index contributed by atoms with van der Waals surface area (Å²) < 4.78 is 20.8. The summed E-state index contributed by atoms with van der Waals surface area (Å²) in [5.74, 6) is -0.308. The number of pyridine rings is 1. The highest BCUT2D eigenvalue weighted by Crippen LogP contribution is 2.25. The lowest BCUT2D eigenvalue weighted by Gasteiger charge is -2.24. The Hall–Kier alpha value is -1.46. The first-order valence-corrected chi connectivity index (χ1v) is 5.69. The van der Waals surface area contributed by atoms with Gasteiger partial charge in [-0.25, -0.2) is 9.37 Å². The van der Waals surface area contributed by atoms with Crippen LogP contribution in [0.4, 0.5) is 4.39 Å². The maximum Gasteiger partial charge on any atom is 0.142 e. The Kier molecular flexibility index (Phi) is 2.57. The normalized spacial score (nSPS) is 20.9. The topological polar surface area (TPSA) is 39.1 Å². The van der Waals surface area contributed by atoms with Crippen molar-refractivity contribution in [3.63, 3.8) is 0 Å². The second-order valence-corrected chi connectivity index (χ2v) is 4.26. The number of aromatic nitrogens is 2. The summed E-state index contributed by atoms with van der Waals surface area (Å²) >= 11 is 0. The van der Waals surface area contributed by atoms with Gasteiger partial charge in [-0.2, -0.15) is 0 Å². The molecule has 2 aromatic rings. The zero-order chi connectivity index (χ0) is 11.8. The van der Waals surface area contributed by atoms with Gasteiger partial charge in [-0.1, -0.05) is 0 Å². The van der Waals surface area contributed by atoms with Crippen molar-refractivity contribution in [1.29, 1.82) is 0 Å². The number of hydrogen-bond acceptors (Lipinski definition) is 3. The molecule has 1 unspecified atom stereocenters. The third-order valence-corrected chi connectivity index (χ3v) is 3.13. The minimum Gasteiger partial charge on any atom is -0.369 e. The lowest BCUT2D eigenvalue weighted by atomic mass is 10.2. The van der Waals surface area contributed by atoms with Crippen LogP contribution < -0.4 is 5.32 Å². The Labute approximate surface area is 98.4 Å². The average Bonchev–Trinajstić information content (AvgIpc) is 2.67. The molecule has 0 spiro atoms. The van der Waals surface area contributed by atoms with Crippen LogP contribution in [0.3, 0.4) is 0 Å². The molecule has 1 fully saturated rings. The highest BCUT2D eigenvalue weighted by atomic mass is 19.1. The predicted molar refractivity (Wildman–Crippen MR) is 62.2 cm³/mol. The van der Waals surface area contributed by atoms with E-state index in [1.54, 1.807) is 0 Å². The summed E-state index contributed by atoms with van der Waals surface area (Å²) in [4.78, 5) is 4.11. The molecule has 1 aliphatic rings. The minimum atomic E-state index is -0.308. The lowest BCUT2D eigenvalue weighted by Crippen LogP contribution is -2.34. The van der Waals surface area contributed by atoms with Gasteiger partial charge in [0, 0.05) is 25.5 Å². The van der Waals surface area contributed by atoms with E-state index in [9.17, 15) is 4.39 Å². The molecular formula is C12H14FN3O. The fourth-order valence-electron chi connectivity index (χ4n) is 2.28. The summed E-state index contributed by atoms with van der Waals surface area (Å²) in [6.07, 6.45) is 1.26. The van der Waals surface area contributed by atoms with Crippen LogP contribution in [0.1, 0.15) is 11.8 Å². The SMILES string of the molecule is Cn1c(C2CNCCO2)cc2cc(F)cnc21. The highest BCUT2D eigenvalue weighted by Gasteiger charge is 2.20. The largest absolute Gasteiger partial charge is 0.369 e. The number of nitrogens with one attached hydrogen (secondary N) is 1. The molecule has 3 heterocycles. The molecule has 17 heavy (non-hydrogen) atoms. The Bertz CT molecular complexity index is 546. The standard InChI is InChI=1S/C12H14FN3O/c1-16-10(11-7-14-2-3-17-11)5-8-4-9(13)6-15-12(8)16/h4-6,11,14H,2-3,7H2,1H3. The number of hydrogen-bond donors (Lipinski definition) is 1. The number of rotatable bonds is 1. The van der Waals surface area contributed by atoms with Gasteiger partial charge in [-0.15, -0.1) is 0 Å². The van der Waals surface area contributed by atoms with Gasteiger partial charge < -0.3 is 14.6 Å². The molecule has 0 bridgehead atoms. The highest BCUT2D eigenvalue weighted by molar-refractivity contribution is 5.77. The quantitative estimate of drug-likeness (QED) is 0.811. The molecule has 0 saturated carbocycles. The molecular weight excluding hydrogens is 221 g/mol. The predicted octanol–water partition coefficient (Wildman–Crippen LogP) is 1.37. The number of fused-ring (bicyclic) bond motifs is 1. The fourth-order valence-corrected chi connectivity index (χ4v) is 2.28. The fraction of sp³-hybridized carbons (Fsp3) is 0.417. The van der Waals surface area contributed by atoms with E-state index in [1.165, 1.54) is 12.3 Å². The van der Waals surface area contributed by atoms with E-state index in [4.69, 9.17) is 4.74 Å². The smallest absolute Gasteiger partial charge is 0.142 e. The van der Waals surface area contributed by atoms with Crippen molar-refractivity contribution in [3.8, 4) is 0 Å². The molecule has 0 radical (unpaired) electrons. The first kappa shape index (κ1) is 10.7. The van der Waals surface area contributed by atoms with Crippen molar-refractivity contribution in [1.82, 2.24) is 14.9 Å². The summed E-state index contributed by atoms with van der Waals surface area (Å²) in [5.41, 5.74) is 1.82. The second kappa shape index (κ2) is 4.09. The van der Waals surface area contributed by atoms with Crippen LogP contribution in [-0.2, 0) is 11.8 Å². The van der Waals surface area contributed by atoms with Crippen molar-refractivity contribution in [2.45, 2.75) is 6.10 Å². The average molecular weight is 235 g/mol. The van der Waals surface area contributed by atoms with Gasteiger partial charge in [0.2, 0.25) is 0 Å². The van der Waals surface area contributed by atoms with Crippen LogP contribution in [0.5, 0.6) is 0 Å². The van der Waals surface area contributed by atoms with E-state index in [0.29, 0.717) is 6.61 Å². The van der Waals surface area contributed by atoms with Gasteiger partial charge in [0.15, 0.2) is 0 Å². The third kappa shape index (κ3) is 1.81. The zero-order valence-electron chi connectivity index (χ0n) is 9.61. The van der Waals surface area contributed by atoms with Crippen LogP contribution in [0.15, 0.2) is 18.3 Å². The molecule has 2 aromatic heterocycles. The van der Waals surface area contributed by atoms with Crippen LogP contribution in [0, 0.1) is 5.82 Å². The molecule has 1 atom stereocenters. The van der Waals surface area contributed by atoms with E-state index in [2.05, 4.69) is 10.3 Å².